The maximum absolute atomic E-state index is 14.7. The molecule has 10 heteroatoms. The van der Waals surface area contributed by atoms with E-state index in [0.29, 0.717) is 22.1 Å². The number of halogens is 3. The molecule has 0 saturated heterocycles. The minimum absolute atomic E-state index is 0.0811. The quantitative estimate of drug-likeness (QED) is 0.440. The lowest BCUT2D eigenvalue weighted by atomic mass is 9.77. The van der Waals surface area contributed by atoms with Crippen molar-refractivity contribution in [3.05, 3.63) is 58.1 Å². The van der Waals surface area contributed by atoms with Gasteiger partial charge in [-0.1, -0.05) is 37.6 Å². The molecular weight excluding hydrogens is 502 g/mol. The molecule has 0 aromatic heterocycles. The zero-order valence-electron chi connectivity index (χ0n) is 19.2. The molecular formula is C24H27Cl2FN2O4S. The van der Waals surface area contributed by atoms with E-state index >= 15 is 0 Å². The monoisotopic (exact) mass is 528 g/mol. The first-order valence-corrected chi connectivity index (χ1v) is 13.5. The molecule has 0 spiro atoms. The van der Waals surface area contributed by atoms with Crippen molar-refractivity contribution < 1.29 is 22.3 Å². The number of alkyl halides is 2. The van der Waals surface area contributed by atoms with Crippen molar-refractivity contribution in [1.82, 2.24) is 4.72 Å². The highest BCUT2D eigenvalue weighted by atomic mass is 35.5. The SMILES string of the molecule is CC(C)(c1ccc(OC[C@]2(F)C[C@H](NS(C)(=O)=O)C2)cc1)c1cc(Cl)c(OCCCl)c(C#N)c1. The summed E-state index contributed by atoms with van der Waals surface area (Å²) in [6, 6.07) is 12.5. The Morgan fingerprint density at radius 2 is 1.85 bits per heavy atom. The third-order valence-electron chi connectivity index (χ3n) is 5.89. The topological polar surface area (TPSA) is 88.4 Å². The van der Waals surface area contributed by atoms with Crippen molar-refractivity contribution >= 4 is 33.2 Å². The van der Waals surface area contributed by atoms with Gasteiger partial charge in [0, 0.05) is 24.3 Å². The van der Waals surface area contributed by atoms with Crippen molar-refractivity contribution in [3.63, 3.8) is 0 Å². The van der Waals surface area contributed by atoms with Crippen molar-refractivity contribution in [2.45, 2.75) is 43.8 Å². The number of rotatable bonds is 10. The number of hydrogen-bond donors (Lipinski definition) is 1. The lowest BCUT2D eigenvalue weighted by Crippen LogP contribution is -2.55. The number of sulfonamides is 1. The highest BCUT2D eigenvalue weighted by Gasteiger charge is 2.46. The van der Waals surface area contributed by atoms with Gasteiger partial charge in [0.1, 0.15) is 30.7 Å². The highest BCUT2D eigenvalue weighted by Crippen LogP contribution is 2.39. The fourth-order valence-corrected chi connectivity index (χ4v) is 5.12. The van der Waals surface area contributed by atoms with E-state index in [1.165, 1.54) is 0 Å². The molecule has 1 fully saturated rings. The Morgan fingerprint density at radius 1 is 1.21 bits per heavy atom. The van der Waals surface area contributed by atoms with E-state index in [-0.39, 0.29) is 31.9 Å². The summed E-state index contributed by atoms with van der Waals surface area (Å²) in [5.74, 6) is 1.11. The molecule has 0 amide bonds. The highest BCUT2D eigenvalue weighted by molar-refractivity contribution is 7.88. The molecule has 34 heavy (non-hydrogen) atoms. The number of nitriles is 1. The van der Waals surface area contributed by atoms with Crippen LogP contribution in [0, 0.1) is 11.3 Å². The minimum Gasteiger partial charge on any atom is -0.490 e. The van der Waals surface area contributed by atoms with E-state index in [0.717, 1.165) is 17.4 Å². The number of ether oxygens (including phenoxy) is 2. The average Bonchev–Trinajstić information content (AvgIpc) is 2.74. The van der Waals surface area contributed by atoms with Gasteiger partial charge in [-0.05, 0) is 35.4 Å². The summed E-state index contributed by atoms with van der Waals surface area (Å²) in [4.78, 5) is 0. The summed E-state index contributed by atoms with van der Waals surface area (Å²) in [6.45, 7) is 4.11. The van der Waals surface area contributed by atoms with E-state index in [9.17, 15) is 18.1 Å². The smallest absolute Gasteiger partial charge is 0.208 e. The third-order valence-corrected chi connectivity index (χ3v) is 7.08. The van der Waals surface area contributed by atoms with Gasteiger partial charge >= 0.3 is 0 Å². The van der Waals surface area contributed by atoms with Crippen LogP contribution in [0.4, 0.5) is 4.39 Å². The second-order valence-corrected chi connectivity index (χ2v) is 11.6. The largest absolute Gasteiger partial charge is 0.490 e. The summed E-state index contributed by atoms with van der Waals surface area (Å²) >= 11 is 12.1. The predicted octanol–water partition coefficient (Wildman–Crippen LogP) is 4.95. The van der Waals surface area contributed by atoms with Gasteiger partial charge in [0.25, 0.3) is 0 Å². The Labute approximate surface area is 210 Å². The molecule has 0 radical (unpaired) electrons. The fraction of sp³-hybridized carbons (Fsp3) is 0.458. The molecule has 3 rings (SSSR count). The first-order valence-electron chi connectivity index (χ1n) is 10.7. The lowest BCUT2D eigenvalue weighted by Gasteiger charge is -2.40. The minimum atomic E-state index is -3.35. The maximum Gasteiger partial charge on any atom is 0.208 e. The van der Waals surface area contributed by atoms with Gasteiger partial charge in [0.05, 0.1) is 22.7 Å². The molecule has 184 valence electrons. The predicted molar refractivity (Wildman–Crippen MR) is 131 cm³/mol. The van der Waals surface area contributed by atoms with Crippen LogP contribution in [0.5, 0.6) is 11.5 Å². The van der Waals surface area contributed by atoms with Gasteiger partial charge in [-0.2, -0.15) is 5.26 Å². The molecule has 0 aliphatic heterocycles. The zero-order valence-corrected chi connectivity index (χ0v) is 21.5. The van der Waals surface area contributed by atoms with E-state index < -0.39 is 27.1 Å². The third kappa shape index (κ3) is 6.33. The summed E-state index contributed by atoms with van der Waals surface area (Å²) < 4.78 is 50.8. The van der Waals surface area contributed by atoms with Gasteiger partial charge in [0.2, 0.25) is 10.0 Å². The van der Waals surface area contributed by atoms with E-state index in [1.807, 2.05) is 26.0 Å². The van der Waals surface area contributed by atoms with Gasteiger partial charge in [-0.25, -0.2) is 17.5 Å². The second kappa shape index (κ2) is 10.3. The molecule has 0 heterocycles. The first kappa shape index (κ1) is 26.6. The number of nitrogens with one attached hydrogen (secondary N) is 1. The van der Waals surface area contributed by atoms with Gasteiger partial charge in [-0.15, -0.1) is 11.6 Å². The Kier molecular flexibility index (Phi) is 8.03. The Bertz CT molecular complexity index is 1170. The normalized spacial score (nSPS) is 20.3. The van der Waals surface area contributed by atoms with Crippen molar-refractivity contribution in [1.29, 1.82) is 5.26 Å². The summed E-state index contributed by atoms with van der Waals surface area (Å²) in [5, 5.41) is 9.90. The van der Waals surface area contributed by atoms with Crippen molar-refractivity contribution in [3.8, 4) is 17.6 Å². The van der Waals surface area contributed by atoms with Crippen LogP contribution in [0.25, 0.3) is 0 Å². The molecule has 1 aliphatic carbocycles. The second-order valence-electron chi connectivity index (χ2n) is 9.07. The van der Waals surface area contributed by atoms with Gasteiger partial charge < -0.3 is 9.47 Å². The molecule has 0 atom stereocenters. The molecule has 0 unspecified atom stereocenters. The standard InChI is InChI=1S/C24H27Cl2FN2O4S/c1-23(2,18-10-16(14-28)22(21(26)11-18)32-9-8-25)17-4-6-20(7-5-17)33-15-24(27)12-19(13-24)29-34(3,30)31/h4-7,10-11,19,29H,8-9,12-13,15H2,1-3H3/t19-,24-. The van der Waals surface area contributed by atoms with E-state index in [4.69, 9.17) is 32.7 Å². The molecule has 1 N–H and O–H groups in total. The van der Waals surface area contributed by atoms with Crippen LogP contribution in [-0.2, 0) is 15.4 Å². The van der Waals surface area contributed by atoms with Gasteiger partial charge in [-0.3, -0.25) is 0 Å². The summed E-state index contributed by atoms with van der Waals surface area (Å²) in [6.07, 6.45) is 1.22. The first-order chi connectivity index (χ1) is 15.9. The molecule has 2 aromatic carbocycles. The van der Waals surface area contributed by atoms with Crippen LogP contribution in [0.3, 0.4) is 0 Å². The van der Waals surface area contributed by atoms with Crippen LogP contribution in [-0.4, -0.2) is 45.5 Å². The Hall–Kier alpha value is -2.05. The van der Waals surface area contributed by atoms with E-state index in [2.05, 4.69) is 10.8 Å². The number of hydrogen-bond acceptors (Lipinski definition) is 5. The molecule has 1 aliphatic rings. The average molecular weight is 529 g/mol. The van der Waals surface area contributed by atoms with Gasteiger partial charge in [0.15, 0.2) is 5.75 Å². The molecule has 6 nitrogen and oxygen atoms in total. The lowest BCUT2D eigenvalue weighted by molar-refractivity contribution is -0.00645. The summed E-state index contributed by atoms with van der Waals surface area (Å²) in [5.41, 5.74) is 0.0715. The molecule has 1 saturated carbocycles. The van der Waals surface area contributed by atoms with Crippen LogP contribution in [0.1, 0.15) is 43.4 Å². The molecule has 0 bridgehead atoms. The van der Waals surface area contributed by atoms with Crippen molar-refractivity contribution in [2.75, 3.05) is 25.3 Å². The fourth-order valence-electron chi connectivity index (χ4n) is 4.00. The van der Waals surface area contributed by atoms with Crippen molar-refractivity contribution in [2.24, 2.45) is 0 Å². The Morgan fingerprint density at radius 3 is 2.41 bits per heavy atom. The van der Waals surface area contributed by atoms with E-state index in [1.54, 1.807) is 24.3 Å². The van der Waals surface area contributed by atoms with Crippen LogP contribution in [0.15, 0.2) is 36.4 Å². The molecule has 2 aromatic rings. The van der Waals surface area contributed by atoms with Crippen LogP contribution in [0.2, 0.25) is 5.02 Å². The maximum atomic E-state index is 14.7. The van der Waals surface area contributed by atoms with Crippen LogP contribution < -0.4 is 14.2 Å². The summed E-state index contributed by atoms with van der Waals surface area (Å²) in [7, 11) is -3.35. The zero-order chi connectivity index (χ0) is 25.1. The van der Waals surface area contributed by atoms with Crippen LogP contribution >= 0.6 is 23.2 Å². The number of nitrogens with zero attached hydrogens (tertiary/aromatic N) is 1. The Balaban J connectivity index is 1.68. The number of benzene rings is 2.